The maximum absolute atomic E-state index is 11.7. The summed E-state index contributed by atoms with van der Waals surface area (Å²) in [6, 6.07) is 0. The Balaban J connectivity index is 2.60. The third-order valence-corrected chi connectivity index (χ3v) is 3.67. The second kappa shape index (κ2) is 7.98. The molecule has 0 bridgehead atoms. The Bertz CT molecular complexity index is 622. The van der Waals surface area contributed by atoms with Crippen LogP contribution in [0.25, 0.3) is 0 Å². The molecule has 0 aromatic carbocycles. The first-order valence-electron chi connectivity index (χ1n) is 6.29. The molecule has 0 saturated carbocycles. The summed E-state index contributed by atoms with van der Waals surface area (Å²) in [7, 11) is 1.47. The number of aromatic nitrogens is 2. The van der Waals surface area contributed by atoms with Gasteiger partial charge in [0.2, 0.25) is 0 Å². The number of methoxy groups -OCH3 is 1. The molecule has 1 heterocycles. The average molecular weight is 338 g/mol. The highest BCUT2D eigenvalue weighted by Gasteiger charge is 2.13. The molecule has 0 unspecified atom stereocenters. The molecule has 120 valence electrons. The van der Waals surface area contributed by atoms with E-state index >= 15 is 0 Å². The van der Waals surface area contributed by atoms with Crippen LogP contribution in [0, 0.1) is 6.92 Å². The maximum Gasteiger partial charge on any atom is 0.330 e. The minimum atomic E-state index is -3.61. The van der Waals surface area contributed by atoms with Gasteiger partial charge in [0.1, 0.15) is 6.23 Å². The number of nitrogens with zero attached hydrogens (tertiary/aromatic N) is 1. The minimum Gasteiger partial charge on any atom is -0.361 e. The van der Waals surface area contributed by atoms with Crippen molar-refractivity contribution in [1.82, 2.24) is 9.55 Å². The van der Waals surface area contributed by atoms with E-state index in [1.165, 1.54) is 17.9 Å². The standard InChI is InChI=1S/C11H19N2O6PS/c1-8-7-13(11(15)12-10(8)14)9(18-2)5-3-4-6-19-20(16,17)21/h7,9H,3-6H2,1-2H3,(H,12,14,15)(H2,16,17,21)/t9-/m0/s1. The summed E-state index contributed by atoms with van der Waals surface area (Å²) in [5.41, 5.74) is -0.535. The van der Waals surface area contributed by atoms with Crippen LogP contribution in [0.2, 0.25) is 0 Å². The molecule has 0 amide bonds. The average Bonchev–Trinajstić information content (AvgIpc) is 2.37. The van der Waals surface area contributed by atoms with E-state index in [0.29, 0.717) is 24.8 Å². The van der Waals surface area contributed by atoms with Crippen molar-refractivity contribution < 1.29 is 19.0 Å². The van der Waals surface area contributed by atoms with Crippen LogP contribution in [-0.2, 0) is 21.1 Å². The van der Waals surface area contributed by atoms with Gasteiger partial charge in [0, 0.05) is 18.9 Å². The largest absolute Gasteiger partial charge is 0.361 e. The molecule has 0 aliphatic heterocycles. The van der Waals surface area contributed by atoms with E-state index in [1.807, 2.05) is 0 Å². The van der Waals surface area contributed by atoms with Crippen LogP contribution in [0.5, 0.6) is 0 Å². The Morgan fingerprint density at radius 3 is 2.67 bits per heavy atom. The zero-order chi connectivity index (χ0) is 16.0. The van der Waals surface area contributed by atoms with Crippen molar-refractivity contribution in [3.63, 3.8) is 0 Å². The normalized spacial score (nSPS) is 13.3. The van der Waals surface area contributed by atoms with Crippen LogP contribution in [0.15, 0.2) is 15.8 Å². The molecule has 0 radical (unpaired) electrons. The Labute approximate surface area is 126 Å². The van der Waals surface area contributed by atoms with E-state index in [4.69, 9.17) is 14.5 Å². The molecule has 0 aliphatic carbocycles. The molecule has 1 atom stereocenters. The van der Waals surface area contributed by atoms with Gasteiger partial charge in [-0.3, -0.25) is 14.3 Å². The second-order valence-corrected chi connectivity index (χ2v) is 7.15. The predicted octanol–water partition coefficient (Wildman–Crippen LogP) is 0.386. The van der Waals surface area contributed by atoms with Gasteiger partial charge in [-0.2, -0.15) is 0 Å². The van der Waals surface area contributed by atoms with E-state index in [-0.39, 0.29) is 6.61 Å². The van der Waals surface area contributed by atoms with Gasteiger partial charge in [-0.05, 0) is 38.0 Å². The molecule has 1 aromatic heterocycles. The molecule has 0 spiro atoms. The highest BCUT2D eigenvalue weighted by Crippen LogP contribution is 2.36. The predicted molar refractivity (Wildman–Crippen MR) is 80.6 cm³/mol. The number of hydrogen-bond donors (Lipinski definition) is 3. The van der Waals surface area contributed by atoms with Crippen LogP contribution in [-0.4, -0.2) is 33.1 Å². The highest BCUT2D eigenvalue weighted by atomic mass is 32.5. The van der Waals surface area contributed by atoms with Crippen molar-refractivity contribution in [1.29, 1.82) is 0 Å². The first kappa shape index (κ1) is 18.2. The van der Waals surface area contributed by atoms with E-state index in [1.54, 1.807) is 6.92 Å². The first-order chi connectivity index (χ1) is 9.74. The number of hydrogen-bond acceptors (Lipinski definition) is 5. The van der Waals surface area contributed by atoms with Gasteiger partial charge >= 0.3 is 12.4 Å². The van der Waals surface area contributed by atoms with E-state index < -0.39 is 24.2 Å². The summed E-state index contributed by atoms with van der Waals surface area (Å²) in [6.07, 6.45) is 2.60. The molecule has 10 heteroatoms. The van der Waals surface area contributed by atoms with E-state index in [2.05, 4.69) is 21.3 Å². The summed E-state index contributed by atoms with van der Waals surface area (Å²) in [4.78, 5) is 43.1. The van der Waals surface area contributed by atoms with E-state index in [9.17, 15) is 9.59 Å². The molecular formula is C11H19N2O6PS. The molecule has 8 nitrogen and oxygen atoms in total. The lowest BCUT2D eigenvalue weighted by Gasteiger charge is -2.18. The van der Waals surface area contributed by atoms with Gasteiger partial charge in [0.05, 0.1) is 6.61 Å². The van der Waals surface area contributed by atoms with Crippen molar-refractivity contribution in [3.05, 3.63) is 32.6 Å². The van der Waals surface area contributed by atoms with Gasteiger partial charge in [0.15, 0.2) is 0 Å². The second-order valence-electron chi connectivity index (χ2n) is 4.49. The summed E-state index contributed by atoms with van der Waals surface area (Å²) in [5.74, 6) is 0. The summed E-state index contributed by atoms with van der Waals surface area (Å²) in [6.45, 7) is -1.88. The Kier molecular flexibility index (Phi) is 6.92. The van der Waals surface area contributed by atoms with Gasteiger partial charge in [-0.25, -0.2) is 4.79 Å². The molecule has 3 N–H and O–H groups in total. The van der Waals surface area contributed by atoms with Gasteiger partial charge in [-0.15, -0.1) is 0 Å². The molecule has 21 heavy (non-hydrogen) atoms. The lowest BCUT2D eigenvalue weighted by Crippen LogP contribution is -2.33. The minimum absolute atomic E-state index is 0.125. The van der Waals surface area contributed by atoms with Crippen molar-refractivity contribution >= 4 is 18.5 Å². The van der Waals surface area contributed by atoms with Crippen molar-refractivity contribution in [3.8, 4) is 0 Å². The zero-order valence-electron chi connectivity index (χ0n) is 11.8. The first-order valence-corrected chi connectivity index (χ1v) is 8.92. The Morgan fingerprint density at radius 2 is 2.10 bits per heavy atom. The fourth-order valence-electron chi connectivity index (χ4n) is 1.78. The number of ether oxygens (including phenoxy) is 1. The smallest absolute Gasteiger partial charge is 0.330 e. The molecule has 0 fully saturated rings. The molecule has 0 saturated heterocycles. The summed E-state index contributed by atoms with van der Waals surface area (Å²) < 4.78 is 11.3. The SMILES string of the molecule is CO[C@@H](CCCCOP(O)(O)=S)n1cc(C)c(=O)[nH]c1=O. The Hall–Kier alpha value is -0.830. The highest BCUT2D eigenvalue weighted by molar-refractivity contribution is 8.06. The van der Waals surface area contributed by atoms with Crippen LogP contribution in [0.4, 0.5) is 0 Å². The molecule has 1 rings (SSSR count). The number of aromatic amines is 1. The van der Waals surface area contributed by atoms with Crippen LogP contribution < -0.4 is 11.2 Å². The van der Waals surface area contributed by atoms with Gasteiger partial charge < -0.3 is 19.0 Å². The van der Waals surface area contributed by atoms with Crippen molar-refractivity contribution in [2.24, 2.45) is 0 Å². The van der Waals surface area contributed by atoms with Crippen molar-refractivity contribution in [2.75, 3.05) is 13.7 Å². The number of unbranched alkanes of at least 4 members (excludes halogenated alkanes) is 1. The third kappa shape index (κ3) is 6.21. The summed E-state index contributed by atoms with van der Waals surface area (Å²) in [5, 5.41) is 0. The number of rotatable bonds is 8. The van der Waals surface area contributed by atoms with Gasteiger partial charge in [-0.1, -0.05) is 0 Å². The van der Waals surface area contributed by atoms with Crippen LogP contribution >= 0.6 is 6.72 Å². The quantitative estimate of drug-likeness (QED) is 0.464. The van der Waals surface area contributed by atoms with Gasteiger partial charge in [0.25, 0.3) is 5.56 Å². The summed E-state index contributed by atoms with van der Waals surface area (Å²) >= 11 is 4.33. The molecule has 0 aliphatic rings. The topological polar surface area (TPSA) is 114 Å². The van der Waals surface area contributed by atoms with E-state index in [0.717, 1.165) is 0 Å². The fraction of sp³-hybridized carbons (Fsp3) is 0.636. The Morgan fingerprint density at radius 1 is 1.43 bits per heavy atom. The van der Waals surface area contributed by atoms with Crippen molar-refractivity contribution in [2.45, 2.75) is 32.4 Å². The lowest BCUT2D eigenvalue weighted by atomic mass is 10.2. The zero-order valence-corrected chi connectivity index (χ0v) is 13.5. The number of H-pyrrole nitrogens is 1. The monoisotopic (exact) mass is 338 g/mol. The lowest BCUT2D eigenvalue weighted by molar-refractivity contribution is 0.0299. The molecular weight excluding hydrogens is 319 g/mol. The molecule has 1 aromatic rings. The van der Waals surface area contributed by atoms with Crippen LogP contribution in [0.1, 0.15) is 31.1 Å². The number of nitrogens with one attached hydrogen (secondary N) is 1. The fourth-order valence-corrected chi connectivity index (χ4v) is 2.37. The maximum atomic E-state index is 11.7. The number of aryl methyl sites for hydroxylation is 1. The third-order valence-electron chi connectivity index (χ3n) is 2.83. The van der Waals surface area contributed by atoms with Crippen LogP contribution in [0.3, 0.4) is 0 Å².